The van der Waals surface area contributed by atoms with E-state index in [1.165, 1.54) is 4.88 Å². The van der Waals surface area contributed by atoms with Crippen molar-refractivity contribution in [2.45, 2.75) is 19.1 Å². The molecule has 2 aliphatic rings. The Morgan fingerprint density at radius 3 is 3.09 bits per heavy atom. The van der Waals surface area contributed by atoms with Crippen LogP contribution in [-0.2, 0) is 13.1 Å². The Kier molecular flexibility index (Phi) is 4.44. The van der Waals surface area contributed by atoms with Crippen molar-refractivity contribution < 1.29 is 0 Å². The lowest BCUT2D eigenvalue weighted by Gasteiger charge is -2.27. The zero-order valence-corrected chi connectivity index (χ0v) is 18.0. The molecule has 0 saturated heterocycles. The Bertz CT molecular complexity index is 1420. The van der Waals surface area contributed by atoms with Gasteiger partial charge in [0, 0.05) is 35.3 Å². The zero-order chi connectivity index (χ0) is 21.5. The summed E-state index contributed by atoms with van der Waals surface area (Å²) in [7, 11) is 1.99. The third kappa shape index (κ3) is 3.31. The lowest BCUT2D eigenvalue weighted by atomic mass is 10.1. The number of anilines is 1. The van der Waals surface area contributed by atoms with E-state index >= 15 is 0 Å². The second-order valence-corrected chi connectivity index (χ2v) is 8.55. The molecule has 0 aliphatic carbocycles. The van der Waals surface area contributed by atoms with Crippen LogP contribution in [0.25, 0.3) is 10.9 Å². The molecule has 0 bridgehead atoms. The summed E-state index contributed by atoms with van der Waals surface area (Å²) >= 11 is 1.68. The van der Waals surface area contributed by atoms with Crippen LogP contribution in [0.2, 0.25) is 0 Å². The third-order valence-corrected chi connectivity index (χ3v) is 6.44. The summed E-state index contributed by atoms with van der Waals surface area (Å²) in [5.41, 5.74) is 5.73. The van der Waals surface area contributed by atoms with Crippen LogP contribution in [0.5, 0.6) is 0 Å². The first-order chi connectivity index (χ1) is 15.7. The highest BCUT2D eigenvalue weighted by Gasteiger charge is 2.25. The molecule has 1 N–H and O–H groups in total. The first kappa shape index (κ1) is 18.7. The first-order valence-corrected chi connectivity index (χ1v) is 11.0. The minimum absolute atomic E-state index is 0.107. The van der Waals surface area contributed by atoms with Crippen molar-refractivity contribution in [3.63, 3.8) is 0 Å². The fourth-order valence-electron chi connectivity index (χ4n) is 3.84. The number of thiazole rings is 1. The molecule has 1 unspecified atom stereocenters. The molecular formula is C23H18N8S. The van der Waals surface area contributed by atoms with Crippen molar-refractivity contribution in [2.24, 2.45) is 4.99 Å². The summed E-state index contributed by atoms with van der Waals surface area (Å²) in [6.45, 7) is 1.53. The SMILES string of the molecule is CN1C(c2ccnc(N3Cc4ncsc4C3)n2)=NC=CC1C#Cc1ccc2[nH]ncc2c1. The molecule has 8 nitrogen and oxygen atoms in total. The van der Waals surface area contributed by atoms with Crippen molar-refractivity contribution in [1.29, 1.82) is 0 Å². The number of rotatable bonds is 2. The molecule has 0 amide bonds. The van der Waals surface area contributed by atoms with Crippen molar-refractivity contribution in [2.75, 3.05) is 11.9 Å². The van der Waals surface area contributed by atoms with E-state index in [9.17, 15) is 0 Å². The van der Waals surface area contributed by atoms with Crippen LogP contribution in [0.3, 0.4) is 0 Å². The molecule has 2 aliphatic heterocycles. The Morgan fingerprint density at radius 1 is 1.19 bits per heavy atom. The van der Waals surface area contributed by atoms with E-state index in [1.54, 1.807) is 29.9 Å². The molecule has 1 aromatic carbocycles. The highest BCUT2D eigenvalue weighted by Crippen LogP contribution is 2.28. The number of likely N-dealkylation sites (N-methyl/N-ethyl adjacent to an activating group) is 1. The smallest absolute Gasteiger partial charge is 0.226 e. The van der Waals surface area contributed by atoms with Crippen LogP contribution >= 0.6 is 11.3 Å². The number of aliphatic imine (C=N–C) groups is 1. The molecule has 0 radical (unpaired) electrons. The van der Waals surface area contributed by atoms with Crippen LogP contribution < -0.4 is 4.90 Å². The summed E-state index contributed by atoms with van der Waals surface area (Å²) in [5.74, 6) is 8.08. The number of nitrogens with zero attached hydrogens (tertiary/aromatic N) is 7. The highest BCUT2D eigenvalue weighted by atomic mass is 32.1. The van der Waals surface area contributed by atoms with E-state index in [0.717, 1.165) is 46.8 Å². The van der Waals surface area contributed by atoms with Gasteiger partial charge in [-0.1, -0.05) is 11.8 Å². The van der Waals surface area contributed by atoms with Crippen LogP contribution in [0, 0.1) is 11.8 Å². The van der Waals surface area contributed by atoms with Gasteiger partial charge in [-0.15, -0.1) is 11.3 Å². The van der Waals surface area contributed by atoms with E-state index in [1.807, 2.05) is 47.8 Å². The van der Waals surface area contributed by atoms with Crippen LogP contribution in [0.1, 0.15) is 21.8 Å². The summed E-state index contributed by atoms with van der Waals surface area (Å²) < 4.78 is 0. The average molecular weight is 439 g/mol. The minimum Gasteiger partial charge on any atom is -0.340 e. The van der Waals surface area contributed by atoms with Crippen molar-refractivity contribution in [1.82, 2.24) is 30.0 Å². The standard InChI is InChI=1S/C23H18N8S/c1-30-17(4-2-15-3-5-18-16(10-15)11-27-29-18)6-8-24-22(30)19-7-9-25-23(28-19)31-12-20-21(13-31)32-14-26-20/h3,5-11,14,17H,12-13H2,1H3,(H,27,29). The van der Waals surface area contributed by atoms with Gasteiger partial charge in [0.25, 0.3) is 0 Å². The molecule has 6 rings (SSSR count). The van der Waals surface area contributed by atoms with Gasteiger partial charge in [-0.3, -0.25) is 5.10 Å². The predicted octanol–water partition coefficient (Wildman–Crippen LogP) is 2.96. The Labute approximate surface area is 188 Å². The third-order valence-electron chi connectivity index (χ3n) is 5.58. The Hall–Kier alpha value is -4.03. The molecule has 32 heavy (non-hydrogen) atoms. The molecule has 0 saturated carbocycles. The van der Waals surface area contributed by atoms with Crippen molar-refractivity contribution >= 4 is 34.0 Å². The Balaban J connectivity index is 1.23. The van der Waals surface area contributed by atoms with E-state index in [2.05, 4.69) is 41.9 Å². The van der Waals surface area contributed by atoms with E-state index in [4.69, 9.17) is 4.98 Å². The highest BCUT2D eigenvalue weighted by molar-refractivity contribution is 7.09. The number of amidine groups is 1. The number of aromatic amines is 1. The maximum Gasteiger partial charge on any atom is 0.226 e. The van der Waals surface area contributed by atoms with Gasteiger partial charge >= 0.3 is 0 Å². The maximum absolute atomic E-state index is 4.80. The predicted molar refractivity (Wildman–Crippen MR) is 124 cm³/mol. The Morgan fingerprint density at radius 2 is 2.16 bits per heavy atom. The van der Waals surface area contributed by atoms with Gasteiger partial charge in [0.15, 0.2) is 5.84 Å². The lowest BCUT2D eigenvalue weighted by Crippen LogP contribution is -2.38. The second-order valence-electron chi connectivity index (χ2n) is 7.61. The van der Waals surface area contributed by atoms with Gasteiger partial charge < -0.3 is 9.80 Å². The fourth-order valence-corrected chi connectivity index (χ4v) is 4.64. The summed E-state index contributed by atoms with van der Waals surface area (Å²) in [5, 5.41) is 8.07. The molecular weight excluding hydrogens is 420 g/mol. The van der Waals surface area contributed by atoms with Gasteiger partial charge in [-0.05, 0) is 30.3 Å². The second kappa shape index (κ2) is 7.59. The molecule has 0 fully saturated rings. The number of benzene rings is 1. The van der Waals surface area contributed by atoms with E-state index in [-0.39, 0.29) is 6.04 Å². The van der Waals surface area contributed by atoms with Crippen LogP contribution in [-0.4, -0.2) is 49.0 Å². The summed E-state index contributed by atoms with van der Waals surface area (Å²) in [6.07, 6.45) is 7.37. The zero-order valence-electron chi connectivity index (χ0n) is 17.2. The van der Waals surface area contributed by atoms with Gasteiger partial charge in [-0.25, -0.2) is 19.9 Å². The molecule has 1 atom stereocenters. The summed E-state index contributed by atoms with van der Waals surface area (Å²) in [6, 6.07) is 7.81. The first-order valence-electron chi connectivity index (χ1n) is 10.2. The molecule has 5 heterocycles. The summed E-state index contributed by atoms with van der Waals surface area (Å²) in [4.78, 5) is 23.7. The van der Waals surface area contributed by atoms with Crippen LogP contribution in [0.4, 0.5) is 5.95 Å². The van der Waals surface area contributed by atoms with Gasteiger partial charge in [0.1, 0.15) is 11.7 Å². The molecule has 3 aromatic heterocycles. The number of nitrogens with one attached hydrogen (secondary N) is 1. The van der Waals surface area contributed by atoms with Gasteiger partial charge in [0.05, 0.1) is 36.0 Å². The topological polar surface area (TPSA) is 86.2 Å². The minimum atomic E-state index is -0.107. The normalized spacial score (nSPS) is 17.3. The van der Waals surface area contributed by atoms with Gasteiger partial charge in [0.2, 0.25) is 5.95 Å². The van der Waals surface area contributed by atoms with Gasteiger partial charge in [-0.2, -0.15) is 5.10 Å². The lowest BCUT2D eigenvalue weighted by molar-refractivity contribution is 0.489. The van der Waals surface area contributed by atoms with Crippen molar-refractivity contribution in [3.05, 3.63) is 76.3 Å². The average Bonchev–Trinajstić information content (AvgIpc) is 3.54. The molecule has 9 heteroatoms. The molecule has 0 spiro atoms. The quantitative estimate of drug-likeness (QED) is 0.485. The monoisotopic (exact) mass is 438 g/mol. The van der Waals surface area contributed by atoms with Crippen molar-refractivity contribution in [3.8, 4) is 11.8 Å². The fraction of sp³-hybridized carbons (Fsp3) is 0.174. The van der Waals surface area contributed by atoms with E-state index in [0.29, 0.717) is 5.95 Å². The number of fused-ring (bicyclic) bond motifs is 2. The van der Waals surface area contributed by atoms with E-state index < -0.39 is 0 Å². The maximum atomic E-state index is 4.80. The number of H-pyrrole nitrogens is 1. The number of hydrogen-bond acceptors (Lipinski definition) is 8. The molecule has 156 valence electrons. The largest absolute Gasteiger partial charge is 0.340 e. The number of aromatic nitrogens is 5. The van der Waals surface area contributed by atoms with Crippen LogP contribution in [0.15, 0.2) is 59.4 Å². The number of hydrogen-bond donors (Lipinski definition) is 1. The molecule has 4 aromatic rings.